The highest BCUT2D eigenvalue weighted by Crippen LogP contribution is 2.17. The average Bonchev–Trinajstić information content (AvgIpc) is 2.16. The molecular weight excluding hydrogens is 204 g/mol. The summed E-state index contributed by atoms with van der Waals surface area (Å²) >= 11 is 5.66. The largest absolute Gasteiger partial charge is 0.348 e. The van der Waals surface area contributed by atoms with E-state index in [9.17, 15) is 10.0 Å². The summed E-state index contributed by atoms with van der Waals surface area (Å²) in [6, 6.07) is 5.81. The molecule has 0 radical (unpaired) electrons. The number of hydrogen-bond donors (Lipinski definition) is 1. The van der Waals surface area contributed by atoms with Crippen LogP contribution in [-0.2, 0) is 0 Å². The van der Waals surface area contributed by atoms with Crippen molar-refractivity contribution in [2.45, 2.75) is 0 Å². The van der Waals surface area contributed by atoms with Gasteiger partial charge >= 0.3 is 6.03 Å². The summed E-state index contributed by atoms with van der Waals surface area (Å²) in [6.07, 6.45) is 0. The van der Waals surface area contributed by atoms with E-state index >= 15 is 0 Å². The van der Waals surface area contributed by atoms with Crippen molar-refractivity contribution in [3.05, 3.63) is 29.3 Å². The van der Waals surface area contributed by atoms with Gasteiger partial charge in [0.25, 0.3) is 0 Å². The Morgan fingerprint density at radius 1 is 1.29 bits per heavy atom. The monoisotopic (exact) mass is 214 g/mol. The van der Waals surface area contributed by atoms with Gasteiger partial charge in [0, 0.05) is 19.1 Å². The Hall–Kier alpha value is -1.26. The zero-order chi connectivity index (χ0) is 10.7. The standard InChI is InChI=1S/C9H11ClN2O2/c1-11(2)9(13)12(14)8-5-3-7(10)4-6-8/h3-6,14H,1-2H3. The van der Waals surface area contributed by atoms with E-state index in [1.165, 1.54) is 4.90 Å². The molecule has 1 aromatic rings. The number of carbonyl (C=O) groups is 1. The summed E-state index contributed by atoms with van der Waals surface area (Å²) in [4.78, 5) is 12.6. The van der Waals surface area contributed by atoms with Gasteiger partial charge in [0.2, 0.25) is 0 Å². The van der Waals surface area contributed by atoms with Crippen molar-refractivity contribution in [3.8, 4) is 0 Å². The maximum atomic E-state index is 11.3. The second-order valence-corrected chi connectivity index (χ2v) is 3.40. The Morgan fingerprint density at radius 2 is 1.79 bits per heavy atom. The molecule has 0 unspecified atom stereocenters. The van der Waals surface area contributed by atoms with Crippen LogP contribution in [0.5, 0.6) is 0 Å². The van der Waals surface area contributed by atoms with Gasteiger partial charge in [-0.25, -0.2) is 4.79 Å². The normalized spacial score (nSPS) is 9.71. The number of hydrogen-bond acceptors (Lipinski definition) is 2. The Bertz CT molecular complexity index is 324. The van der Waals surface area contributed by atoms with E-state index in [2.05, 4.69) is 0 Å². The molecule has 0 aliphatic carbocycles. The van der Waals surface area contributed by atoms with E-state index in [0.29, 0.717) is 15.8 Å². The predicted molar refractivity (Wildman–Crippen MR) is 54.8 cm³/mol. The number of anilines is 1. The third-order valence-corrected chi connectivity index (χ3v) is 1.89. The highest BCUT2D eigenvalue weighted by molar-refractivity contribution is 6.30. The van der Waals surface area contributed by atoms with Crippen molar-refractivity contribution in [2.24, 2.45) is 0 Å². The SMILES string of the molecule is CN(C)C(=O)N(O)c1ccc(Cl)cc1. The lowest BCUT2D eigenvalue weighted by Crippen LogP contribution is -2.36. The zero-order valence-corrected chi connectivity index (χ0v) is 8.69. The molecule has 76 valence electrons. The van der Waals surface area contributed by atoms with E-state index in [1.54, 1.807) is 38.4 Å². The molecule has 0 spiro atoms. The first-order chi connectivity index (χ1) is 6.52. The van der Waals surface area contributed by atoms with Gasteiger partial charge in [0.05, 0.1) is 5.69 Å². The molecule has 0 bridgehead atoms. The van der Waals surface area contributed by atoms with Crippen molar-refractivity contribution in [1.29, 1.82) is 0 Å². The Balaban J connectivity index is 2.84. The highest BCUT2D eigenvalue weighted by atomic mass is 35.5. The Morgan fingerprint density at radius 3 is 2.21 bits per heavy atom. The first-order valence-electron chi connectivity index (χ1n) is 3.98. The molecule has 0 aromatic heterocycles. The van der Waals surface area contributed by atoms with Crippen LogP contribution in [0, 0.1) is 0 Å². The first-order valence-corrected chi connectivity index (χ1v) is 4.36. The average molecular weight is 215 g/mol. The maximum Gasteiger partial charge on any atom is 0.348 e. The minimum Gasteiger partial charge on any atom is -0.329 e. The number of rotatable bonds is 1. The minimum absolute atomic E-state index is 0.383. The topological polar surface area (TPSA) is 43.8 Å². The summed E-state index contributed by atoms with van der Waals surface area (Å²) in [5.74, 6) is 0. The van der Waals surface area contributed by atoms with E-state index in [0.717, 1.165) is 0 Å². The number of carbonyl (C=O) groups excluding carboxylic acids is 1. The van der Waals surface area contributed by atoms with Crippen LogP contribution in [0.4, 0.5) is 10.5 Å². The molecule has 1 N–H and O–H groups in total. The quantitative estimate of drug-likeness (QED) is 0.576. The van der Waals surface area contributed by atoms with Gasteiger partial charge in [-0.2, -0.15) is 5.06 Å². The summed E-state index contributed by atoms with van der Waals surface area (Å²) in [6.45, 7) is 0. The fraction of sp³-hybridized carbons (Fsp3) is 0.222. The number of benzene rings is 1. The van der Waals surface area contributed by atoms with Crippen molar-refractivity contribution in [1.82, 2.24) is 4.90 Å². The van der Waals surface area contributed by atoms with E-state index in [-0.39, 0.29) is 0 Å². The third kappa shape index (κ3) is 2.37. The molecule has 0 aliphatic heterocycles. The summed E-state index contributed by atoms with van der Waals surface area (Å²) in [5.41, 5.74) is 0.383. The van der Waals surface area contributed by atoms with Crippen LogP contribution in [0.2, 0.25) is 5.02 Å². The smallest absolute Gasteiger partial charge is 0.329 e. The molecule has 0 fully saturated rings. The lowest BCUT2D eigenvalue weighted by molar-refractivity contribution is 0.182. The van der Waals surface area contributed by atoms with Gasteiger partial charge in [-0.15, -0.1) is 0 Å². The lowest BCUT2D eigenvalue weighted by atomic mass is 10.3. The number of hydroxylamine groups is 1. The van der Waals surface area contributed by atoms with Gasteiger partial charge < -0.3 is 4.90 Å². The van der Waals surface area contributed by atoms with Gasteiger partial charge in [0.15, 0.2) is 0 Å². The number of amides is 2. The Labute approximate surface area is 87.3 Å². The van der Waals surface area contributed by atoms with Crippen LogP contribution in [0.3, 0.4) is 0 Å². The molecule has 4 nitrogen and oxygen atoms in total. The molecule has 5 heteroatoms. The summed E-state index contributed by atoms with van der Waals surface area (Å²) in [5, 5.41) is 10.6. The van der Waals surface area contributed by atoms with Crippen LogP contribution < -0.4 is 5.06 Å². The molecular formula is C9H11ClN2O2. The molecule has 2 amide bonds. The molecule has 0 saturated carbocycles. The second-order valence-electron chi connectivity index (χ2n) is 2.97. The summed E-state index contributed by atoms with van der Waals surface area (Å²) in [7, 11) is 3.11. The fourth-order valence-corrected chi connectivity index (χ4v) is 1.01. The number of urea groups is 1. The van der Waals surface area contributed by atoms with Crippen LogP contribution in [0.15, 0.2) is 24.3 Å². The molecule has 0 heterocycles. The van der Waals surface area contributed by atoms with E-state index in [4.69, 9.17) is 11.6 Å². The van der Waals surface area contributed by atoms with Crippen molar-refractivity contribution >= 4 is 23.3 Å². The van der Waals surface area contributed by atoms with Gasteiger partial charge in [0.1, 0.15) is 0 Å². The van der Waals surface area contributed by atoms with Crippen molar-refractivity contribution in [2.75, 3.05) is 19.2 Å². The molecule has 0 atom stereocenters. The van der Waals surface area contributed by atoms with E-state index in [1.807, 2.05) is 0 Å². The first kappa shape index (κ1) is 10.8. The van der Waals surface area contributed by atoms with Crippen LogP contribution in [-0.4, -0.2) is 30.2 Å². The molecule has 1 rings (SSSR count). The lowest BCUT2D eigenvalue weighted by Gasteiger charge is -2.19. The van der Waals surface area contributed by atoms with Crippen molar-refractivity contribution < 1.29 is 10.0 Å². The van der Waals surface area contributed by atoms with Gasteiger partial charge in [-0.3, -0.25) is 5.21 Å². The third-order valence-electron chi connectivity index (χ3n) is 1.63. The van der Waals surface area contributed by atoms with Crippen LogP contribution in [0.1, 0.15) is 0 Å². The number of nitrogens with zero attached hydrogens (tertiary/aromatic N) is 2. The fourth-order valence-electron chi connectivity index (χ4n) is 0.882. The number of halogens is 1. The van der Waals surface area contributed by atoms with E-state index < -0.39 is 6.03 Å². The molecule has 1 aromatic carbocycles. The van der Waals surface area contributed by atoms with Gasteiger partial charge in [-0.05, 0) is 24.3 Å². The molecule has 0 aliphatic rings. The minimum atomic E-state index is -0.507. The molecule has 0 saturated heterocycles. The van der Waals surface area contributed by atoms with Crippen LogP contribution >= 0.6 is 11.6 Å². The molecule has 14 heavy (non-hydrogen) atoms. The zero-order valence-electron chi connectivity index (χ0n) is 7.94. The highest BCUT2D eigenvalue weighted by Gasteiger charge is 2.14. The second kappa shape index (κ2) is 4.30. The van der Waals surface area contributed by atoms with Crippen LogP contribution in [0.25, 0.3) is 0 Å². The maximum absolute atomic E-state index is 11.3. The summed E-state index contributed by atoms with van der Waals surface area (Å²) < 4.78 is 0. The van der Waals surface area contributed by atoms with Crippen molar-refractivity contribution in [3.63, 3.8) is 0 Å². The van der Waals surface area contributed by atoms with Gasteiger partial charge in [-0.1, -0.05) is 11.6 Å². The Kier molecular flexibility index (Phi) is 3.33. The predicted octanol–water partition coefficient (Wildman–Crippen LogP) is 2.22.